The third kappa shape index (κ3) is 3.90. The summed E-state index contributed by atoms with van der Waals surface area (Å²) in [5.41, 5.74) is 2.03. The third-order valence-electron chi connectivity index (χ3n) is 4.30. The molecular formula is C19H17N3O4S. The lowest BCUT2D eigenvalue weighted by molar-refractivity contribution is -0.147. The number of amides is 1. The molecule has 0 spiro atoms. The van der Waals surface area contributed by atoms with E-state index in [1.807, 2.05) is 41.8 Å². The molecule has 0 unspecified atom stereocenters. The van der Waals surface area contributed by atoms with E-state index in [0.717, 1.165) is 22.5 Å². The maximum absolute atomic E-state index is 12.3. The minimum atomic E-state index is -0.466. The number of benzene rings is 1. The Balaban J connectivity index is 1.25. The van der Waals surface area contributed by atoms with Crippen LogP contribution in [0.3, 0.4) is 0 Å². The second-order valence-corrected chi connectivity index (χ2v) is 7.02. The van der Waals surface area contributed by atoms with E-state index < -0.39 is 5.97 Å². The number of ether oxygens (including phenoxy) is 1. The van der Waals surface area contributed by atoms with E-state index in [2.05, 4.69) is 10.1 Å². The van der Waals surface area contributed by atoms with Gasteiger partial charge in [0.05, 0.1) is 11.3 Å². The molecule has 3 aromatic rings. The molecule has 1 aliphatic rings. The van der Waals surface area contributed by atoms with Crippen molar-refractivity contribution in [3.05, 3.63) is 53.2 Å². The van der Waals surface area contributed by atoms with Gasteiger partial charge in [-0.05, 0) is 29.5 Å². The summed E-state index contributed by atoms with van der Waals surface area (Å²) in [5, 5.41) is 5.82. The van der Waals surface area contributed by atoms with Crippen molar-refractivity contribution in [1.82, 2.24) is 10.1 Å². The lowest BCUT2D eigenvalue weighted by atomic mass is 10.2. The molecular weight excluding hydrogens is 366 g/mol. The van der Waals surface area contributed by atoms with Crippen molar-refractivity contribution in [2.45, 2.75) is 19.3 Å². The molecule has 0 atom stereocenters. The number of fused-ring (bicyclic) bond motifs is 1. The van der Waals surface area contributed by atoms with Crippen LogP contribution in [0.15, 0.2) is 46.3 Å². The Kier molecular flexibility index (Phi) is 4.97. The molecule has 27 heavy (non-hydrogen) atoms. The van der Waals surface area contributed by atoms with Gasteiger partial charge in [0.2, 0.25) is 11.7 Å². The summed E-state index contributed by atoms with van der Waals surface area (Å²) in [6.07, 6.45) is 1.17. The van der Waals surface area contributed by atoms with Gasteiger partial charge in [0.15, 0.2) is 6.61 Å². The molecule has 1 amide bonds. The van der Waals surface area contributed by atoms with Gasteiger partial charge < -0.3 is 14.2 Å². The van der Waals surface area contributed by atoms with Crippen LogP contribution in [-0.4, -0.2) is 35.2 Å². The first-order chi connectivity index (χ1) is 13.2. The second-order valence-electron chi connectivity index (χ2n) is 6.07. The van der Waals surface area contributed by atoms with E-state index in [-0.39, 0.29) is 25.4 Å². The van der Waals surface area contributed by atoms with Gasteiger partial charge in [-0.3, -0.25) is 9.59 Å². The standard InChI is InChI=1S/C19H17N3O4S/c23-17(22-10-9-13-4-1-2-5-14(13)22)12-25-18(24)8-7-16-20-19(21-26-16)15-6-3-11-27-15/h1-6,11H,7-10,12H2. The second kappa shape index (κ2) is 7.71. The largest absolute Gasteiger partial charge is 0.456 e. The van der Waals surface area contributed by atoms with Gasteiger partial charge in [-0.15, -0.1) is 11.3 Å². The predicted octanol–water partition coefficient (Wildman–Crippen LogP) is 2.86. The van der Waals surface area contributed by atoms with Crippen molar-refractivity contribution in [1.29, 1.82) is 0 Å². The Morgan fingerprint density at radius 2 is 2.11 bits per heavy atom. The monoisotopic (exact) mass is 383 g/mol. The molecule has 138 valence electrons. The highest BCUT2D eigenvalue weighted by molar-refractivity contribution is 7.13. The number of nitrogens with zero attached hydrogens (tertiary/aromatic N) is 3. The Bertz CT molecular complexity index is 952. The van der Waals surface area contributed by atoms with Gasteiger partial charge in [0.1, 0.15) is 0 Å². The summed E-state index contributed by atoms with van der Waals surface area (Å²) in [6.45, 7) is 0.348. The summed E-state index contributed by atoms with van der Waals surface area (Å²) in [6, 6.07) is 11.6. The van der Waals surface area contributed by atoms with Gasteiger partial charge >= 0.3 is 5.97 Å². The topological polar surface area (TPSA) is 85.5 Å². The molecule has 2 aromatic heterocycles. The first kappa shape index (κ1) is 17.4. The van der Waals surface area contributed by atoms with Crippen LogP contribution < -0.4 is 4.90 Å². The van der Waals surface area contributed by atoms with Gasteiger partial charge in [0.25, 0.3) is 5.91 Å². The molecule has 0 aliphatic carbocycles. The van der Waals surface area contributed by atoms with Gasteiger partial charge in [-0.25, -0.2) is 0 Å². The summed E-state index contributed by atoms with van der Waals surface area (Å²) < 4.78 is 10.3. The first-order valence-corrected chi connectivity index (χ1v) is 9.49. The van der Waals surface area contributed by atoms with Crippen LogP contribution in [0.25, 0.3) is 10.7 Å². The molecule has 7 nitrogen and oxygen atoms in total. The average Bonchev–Trinajstić information content (AvgIpc) is 3.44. The number of rotatable bonds is 6. The van der Waals surface area contributed by atoms with Crippen molar-refractivity contribution < 1.29 is 18.8 Å². The fourth-order valence-corrected chi connectivity index (χ4v) is 3.61. The van der Waals surface area contributed by atoms with Crippen LogP contribution in [0.4, 0.5) is 5.69 Å². The predicted molar refractivity (Wildman–Crippen MR) is 99.4 cm³/mol. The highest BCUT2D eigenvalue weighted by Gasteiger charge is 2.24. The summed E-state index contributed by atoms with van der Waals surface area (Å²) >= 11 is 1.51. The molecule has 3 heterocycles. The number of aryl methyl sites for hydroxylation is 1. The molecule has 1 aliphatic heterocycles. The number of esters is 1. The van der Waals surface area contributed by atoms with Crippen LogP contribution in [0.5, 0.6) is 0 Å². The molecule has 4 rings (SSSR count). The van der Waals surface area contributed by atoms with Crippen LogP contribution in [0.2, 0.25) is 0 Å². The average molecular weight is 383 g/mol. The lowest BCUT2D eigenvalue weighted by Crippen LogP contribution is -2.33. The Labute approximate surface area is 159 Å². The molecule has 8 heteroatoms. The zero-order valence-corrected chi connectivity index (χ0v) is 15.3. The van der Waals surface area contributed by atoms with E-state index in [1.54, 1.807) is 4.90 Å². The third-order valence-corrected chi connectivity index (χ3v) is 5.16. The smallest absolute Gasteiger partial charge is 0.306 e. The maximum Gasteiger partial charge on any atom is 0.306 e. The minimum absolute atomic E-state index is 0.0793. The lowest BCUT2D eigenvalue weighted by Gasteiger charge is -2.17. The number of thiophene rings is 1. The first-order valence-electron chi connectivity index (χ1n) is 8.61. The minimum Gasteiger partial charge on any atom is -0.456 e. The van der Waals surface area contributed by atoms with E-state index >= 15 is 0 Å². The number of hydrogen-bond donors (Lipinski definition) is 0. The van der Waals surface area contributed by atoms with E-state index in [4.69, 9.17) is 9.26 Å². The number of aromatic nitrogens is 2. The Morgan fingerprint density at radius 3 is 2.96 bits per heavy atom. The van der Waals surface area contributed by atoms with Crippen LogP contribution in [0.1, 0.15) is 17.9 Å². The maximum atomic E-state index is 12.3. The van der Waals surface area contributed by atoms with Gasteiger partial charge in [-0.1, -0.05) is 29.4 Å². The molecule has 0 N–H and O–H groups in total. The van der Waals surface area contributed by atoms with Gasteiger partial charge in [0, 0.05) is 18.7 Å². The van der Waals surface area contributed by atoms with Crippen molar-refractivity contribution in [2.24, 2.45) is 0 Å². The van der Waals surface area contributed by atoms with Crippen LogP contribution in [-0.2, 0) is 27.2 Å². The van der Waals surface area contributed by atoms with E-state index in [1.165, 1.54) is 11.3 Å². The number of carbonyl (C=O) groups excluding carboxylic acids is 2. The van der Waals surface area contributed by atoms with Crippen LogP contribution >= 0.6 is 11.3 Å². The van der Waals surface area contributed by atoms with E-state index in [9.17, 15) is 9.59 Å². The molecule has 0 fully saturated rings. The number of carbonyl (C=O) groups is 2. The van der Waals surface area contributed by atoms with Crippen LogP contribution in [0, 0.1) is 0 Å². The molecule has 0 saturated carbocycles. The zero-order valence-electron chi connectivity index (χ0n) is 14.5. The van der Waals surface area contributed by atoms with Crippen molar-refractivity contribution in [2.75, 3.05) is 18.1 Å². The van der Waals surface area contributed by atoms with Crippen molar-refractivity contribution >= 4 is 28.9 Å². The summed E-state index contributed by atoms with van der Waals surface area (Å²) in [4.78, 5) is 31.1. The molecule has 0 bridgehead atoms. The summed E-state index contributed by atoms with van der Waals surface area (Å²) in [7, 11) is 0. The number of para-hydroxylation sites is 1. The van der Waals surface area contributed by atoms with Crippen molar-refractivity contribution in [3.8, 4) is 10.7 Å². The number of hydrogen-bond acceptors (Lipinski definition) is 7. The molecule has 0 saturated heterocycles. The highest BCUT2D eigenvalue weighted by Crippen LogP contribution is 2.27. The Morgan fingerprint density at radius 1 is 1.22 bits per heavy atom. The summed E-state index contributed by atoms with van der Waals surface area (Å²) in [5.74, 6) is 0.198. The molecule has 1 aromatic carbocycles. The normalized spacial score (nSPS) is 12.8. The highest BCUT2D eigenvalue weighted by atomic mass is 32.1. The number of anilines is 1. The van der Waals surface area contributed by atoms with Crippen molar-refractivity contribution in [3.63, 3.8) is 0 Å². The molecule has 0 radical (unpaired) electrons. The SMILES string of the molecule is O=C(CCc1nc(-c2cccs2)no1)OCC(=O)N1CCc2ccccc21. The van der Waals surface area contributed by atoms with E-state index in [0.29, 0.717) is 18.3 Å². The fourth-order valence-electron chi connectivity index (χ4n) is 2.96. The quantitative estimate of drug-likeness (QED) is 0.609. The Hall–Kier alpha value is -3.00. The zero-order chi connectivity index (χ0) is 18.6. The fraction of sp³-hybridized carbons (Fsp3) is 0.263. The van der Waals surface area contributed by atoms with Gasteiger partial charge in [-0.2, -0.15) is 4.98 Å².